The molecule has 102 valence electrons. The molecule has 1 N–H and O–H groups in total. The Morgan fingerprint density at radius 2 is 2.16 bits per heavy atom. The Morgan fingerprint density at radius 3 is 2.68 bits per heavy atom. The molecule has 0 radical (unpaired) electrons. The molecule has 0 unspecified atom stereocenters. The maximum atomic E-state index is 12.3. The van der Waals surface area contributed by atoms with E-state index in [4.69, 9.17) is 0 Å². The Labute approximate surface area is 114 Å². The van der Waals surface area contributed by atoms with Crippen LogP contribution in [0.5, 0.6) is 0 Å². The van der Waals surface area contributed by atoms with Gasteiger partial charge in [0, 0.05) is 30.7 Å². The highest BCUT2D eigenvalue weighted by atomic mass is 32.2. The number of hydrogen-bond acceptors (Lipinski definition) is 5. The summed E-state index contributed by atoms with van der Waals surface area (Å²) < 4.78 is 25.8. The van der Waals surface area contributed by atoms with Gasteiger partial charge in [-0.1, -0.05) is 0 Å². The van der Waals surface area contributed by atoms with Crippen molar-refractivity contribution >= 4 is 21.4 Å². The van der Waals surface area contributed by atoms with E-state index in [1.165, 1.54) is 41.0 Å². The second-order valence-corrected chi connectivity index (χ2v) is 6.99. The average Bonchev–Trinajstić information content (AvgIpc) is 2.75. The first-order valence-corrected chi connectivity index (χ1v) is 7.77. The molecule has 2 aromatic rings. The van der Waals surface area contributed by atoms with Crippen LogP contribution in [0.1, 0.15) is 10.6 Å². The minimum absolute atomic E-state index is 0.0665. The van der Waals surface area contributed by atoms with E-state index in [1.54, 1.807) is 5.51 Å². The molecule has 0 amide bonds. The van der Waals surface area contributed by atoms with E-state index < -0.39 is 10.0 Å². The molecule has 2 aromatic heterocycles. The first kappa shape index (κ1) is 13.9. The maximum Gasteiger partial charge on any atom is 0.247 e. The molecule has 0 aliphatic heterocycles. The zero-order valence-electron chi connectivity index (χ0n) is 10.5. The third-order valence-electron chi connectivity index (χ3n) is 2.67. The first-order valence-electron chi connectivity index (χ1n) is 5.45. The summed E-state index contributed by atoms with van der Waals surface area (Å²) in [4.78, 5) is 18.4. The highest BCUT2D eigenvalue weighted by Gasteiger charge is 2.22. The van der Waals surface area contributed by atoms with Gasteiger partial charge in [-0.05, 0) is 13.0 Å². The fourth-order valence-corrected chi connectivity index (χ4v) is 3.52. The van der Waals surface area contributed by atoms with Crippen molar-refractivity contribution in [2.45, 2.75) is 18.4 Å². The molecule has 0 atom stereocenters. The van der Waals surface area contributed by atoms with Crippen molar-refractivity contribution in [1.82, 2.24) is 14.3 Å². The van der Waals surface area contributed by atoms with Crippen LogP contribution in [0.15, 0.2) is 33.5 Å². The van der Waals surface area contributed by atoms with Crippen LogP contribution in [0.2, 0.25) is 0 Å². The zero-order chi connectivity index (χ0) is 14.0. The van der Waals surface area contributed by atoms with Crippen molar-refractivity contribution < 1.29 is 8.42 Å². The number of hydrogen-bond donors (Lipinski definition) is 1. The van der Waals surface area contributed by atoms with Crippen molar-refractivity contribution in [2.75, 3.05) is 7.05 Å². The van der Waals surface area contributed by atoms with Gasteiger partial charge in [0.1, 0.15) is 0 Å². The van der Waals surface area contributed by atoms with Crippen molar-refractivity contribution in [2.24, 2.45) is 0 Å². The zero-order valence-corrected chi connectivity index (χ0v) is 12.1. The van der Waals surface area contributed by atoms with Crippen molar-refractivity contribution in [1.29, 1.82) is 0 Å². The third kappa shape index (κ3) is 2.91. The van der Waals surface area contributed by atoms with Crippen LogP contribution in [0.3, 0.4) is 0 Å². The average molecular weight is 299 g/mol. The van der Waals surface area contributed by atoms with Gasteiger partial charge in [0.05, 0.1) is 16.1 Å². The summed E-state index contributed by atoms with van der Waals surface area (Å²) in [7, 11) is -2.11. The van der Waals surface area contributed by atoms with Crippen LogP contribution < -0.4 is 5.56 Å². The van der Waals surface area contributed by atoms with Gasteiger partial charge in [0.25, 0.3) is 0 Å². The quantitative estimate of drug-likeness (QED) is 0.911. The summed E-state index contributed by atoms with van der Waals surface area (Å²) in [5.74, 6) is 0. The largest absolute Gasteiger partial charge is 0.328 e. The van der Waals surface area contributed by atoms with E-state index >= 15 is 0 Å². The first-order chi connectivity index (χ1) is 8.91. The van der Waals surface area contributed by atoms with E-state index in [0.29, 0.717) is 0 Å². The monoisotopic (exact) mass is 299 g/mol. The summed E-state index contributed by atoms with van der Waals surface area (Å²) in [5.41, 5.74) is 2.18. The number of pyridine rings is 1. The number of aromatic nitrogens is 2. The molecule has 0 aliphatic carbocycles. The molecule has 8 heteroatoms. The lowest BCUT2D eigenvalue weighted by atomic mass is 10.4. The number of rotatable bonds is 4. The second-order valence-electron chi connectivity index (χ2n) is 4.01. The minimum atomic E-state index is -3.61. The van der Waals surface area contributed by atoms with Crippen molar-refractivity contribution in [3.63, 3.8) is 0 Å². The van der Waals surface area contributed by atoms with Gasteiger partial charge in [0.15, 0.2) is 0 Å². The molecule has 0 bridgehead atoms. The fraction of sp³-hybridized carbons (Fsp3) is 0.273. The smallest absolute Gasteiger partial charge is 0.247 e. The van der Waals surface area contributed by atoms with Crippen LogP contribution in [0.25, 0.3) is 0 Å². The topological polar surface area (TPSA) is 83.1 Å². The molecule has 0 fully saturated rings. The van der Waals surface area contributed by atoms with Gasteiger partial charge in [-0.25, -0.2) is 13.4 Å². The summed E-state index contributed by atoms with van der Waals surface area (Å²) in [6.45, 7) is 2.10. The number of aryl methyl sites for hydroxylation is 1. The standard InChI is InChI=1S/C11H13N3O3S2/c1-8-10(18-7-13-8)6-14(2)19(16,17)9-3-4-11(15)12-5-9/h3-5,7H,6H2,1-2H3,(H,12,15). The fourth-order valence-electron chi connectivity index (χ4n) is 1.50. The van der Waals surface area contributed by atoms with Gasteiger partial charge in [-0.15, -0.1) is 11.3 Å². The summed E-state index contributed by atoms with van der Waals surface area (Å²) in [6.07, 6.45) is 1.20. The molecule has 0 aliphatic rings. The highest BCUT2D eigenvalue weighted by molar-refractivity contribution is 7.89. The lowest BCUT2D eigenvalue weighted by Crippen LogP contribution is -2.27. The van der Waals surface area contributed by atoms with Crippen LogP contribution in [0.4, 0.5) is 0 Å². The van der Waals surface area contributed by atoms with Crippen molar-refractivity contribution in [3.05, 3.63) is 44.8 Å². The predicted molar refractivity (Wildman–Crippen MR) is 72.6 cm³/mol. The van der Waals surface area contributed by atoms with E-state index in [0.717, 1.165) is 10.6 Å². The second kappa shape index (κ2) is 5.24. The number of sulfonamides is 1. The Kier molecular flexibility index (Phi) is 3.83. The normalized spacial score (nSPS) is 11.9. The molecule has 2 rings (SSSR count). The summed E-state index contributed by atoms with van der Waals surface area (Å²) in [5, 5.41) is 0. The van der Waals surface area contributed by atoms with Gasteiger partial charge in [0.2, 0.25) is 15.6 Å². The van der Waals surface area contributed by atoms with Crippen LogP contribution in [-0.2, 0) is 16.6 Å². The third-order valence-corrected chi connectivity index (χ3v) is 5.39. The van der Waals surface area contributed by atoms with E-state index in [1.807, 2.05) is 6.92 Å². The number of thiazole rings is 1. The molecule has 2 heterocycles. The molecular weight excluding hydrogens is 286 g/mol. The van der Waals surface area contributed by atoms with Gasteiger partial charge in [-0.2, -0.15) is 4.31 Å². The number of H-pyrrole nitrogens is 1. The van der Waals surface area contributed by atoms with Crippen LogP contribution >= 0.6 is 11.3 Å². The Morgan fingerprint density at radius 1 is 1.42 bits per heavy atom. The molecule has 0 saturated heterocycles. The molecule has 19 heavy (non-hydrogen) atoms. The highest BCUT2D eigenvalue weighted by Crippen LogP contribution is 2.19. The molecule has 6 nitrogen and oxygen atoms in total. The van der Waals surface area contributed by atoms with Crippen molar-refractivity contribution in [3.8, 4) is 0 Å². The Hall–Kier alpha value is -1.51. The van der Waals surface area contributed by atoms with Crippen LogP contribution in [-0.4, -0.2) is 29.7 Å². The Balaban J connectivity index is 2.27. The molecule has 0 spiro atoms. The predicted octanol–water partition coefficient (Wildman–Crippen LogP) is 0.961. The minimum Gasteiger partial charge on any atom is -0.328 e. The van der Waals surface area contributed by atoms with Gasteiger partial charge in [-0.3, -0.25) is 4.79 Å². The lowest BCUT2D eigenvalue weighted by Gasteiger charge is -2.16. The summed E-state index contributed by atoms with van der Waals surface area (Å²) in [6, 6.07) is 2.49. The number of nitrogens with zero attached hydrogens (tertiary/aromatic N) is 2. The van der Waals surface area contributed by atoms with Gasteiger partial charge >= 0.3 is 0 Å². The number of nitrogens with one attached hydrogen (secondary N) is 1. The lowest BCUT2D eigenvalue weighted by molar-refractivity contribution is 0.468. The molecule has 0 aromatic carbocycles. The number of aromatic amines is 1. The summed E-state index contributed by atoms with van der Waals surface area (Å²) >= 11 is 1.42. The van der Waals surface area contributed by atoms with E-state index in [9.17, 15) is 13.2 Å². The molecular formula is C11H13N3O3S2. The van der Waals surface area contributed by atoms with Crippen LogP contribution in [0, 0.1) is 6.92 Å². The SMILES string of the molecule is Cc1ncsc1CN(C)S(=O)(=O)c1ccc(=O)[nH]c1. The Bertz CT molecular complexity index is 713. The van der Waals surface area contributed by atoms with E-state index in [2.05, 4.69) is 9.97 Å². The van der Waals surface area contributed by atoms with E-state index in [-0.39, 0.29) is 17.0 Å². The van der Waals surface area contributed by atoms with Gasteiger partial charge < -0.3 is 4.98 Å². The maximum absolute atomic E-state index is 12.3. The molecule has 0 saturated carbocycles.